The lowest BCUT2D eigenvalue weighted by Gasteiger charge is -2.12. The van der Waals surface area contributed by atoms with Crippen molar-refractivity contribution in [2.24, 2.45) is 5.92 Å². The van der Waals surface area contributed by atoms with Gasteiger partial charge in [-0.25, -0.2) is 0 Å². The first-order valence-corrected chi connectivity index (χ1v) is 7.66. The summed E-state index contributed by atoms with van der Waals surface area (Å²) in [5.74, 6) is 0.690. The van der Waals surface area contributed by atoms with Crippen LogP contribution in [0.25, 0.3) is 0 Å². The Bertz CT molecular complexity index is 519. The van der Waals surface area contributed by atoms with E-state index in [0.717, 1.165) is 18.5 Å². The first-order valence-electron chi connectivity index (χ1n) is 7.66. The highest BCUT2D eigenvalue weighted by atomic mass is 16.3. The molecule has 112 valence electrons. The Morgan fingerprint density at radius 1 is 0.905 bits per heavy atom. The van der Waals surface area contributed by atoms with Gasteiger partial charge in [0.2, 0.25) is 0 Å². The molecular formula is C19H25NO. The van der Waals surface area contributed by atoms with Crippen LogP contribution in [0.2, 0.25) is 0 Å². The van der Waals surface area contributed by atoms with E-state index in [0.29, 0.717) is 12.5 Å². The maximum absolute atomic E-state index is 10.1. The average Bonchev–Trinajstić information content (AvgIpc) is 2.49. The van der Waals surface area contributed by atoms with Gasteiger partial charge in [0.25, 0.3) is 0 Å². The molecule has 0 heterocycles. The topological polar surface area (TPSA) is 32.3 Å². The van der Waals surface area contributed by atoms with Crippen LogP contribution in [0.1, 0.15) is 36.6 Å². The van der Waals surface area contributed by atoms with E-state index in [9.17, 15) is 5.11 Å². The summed E-state index contributed by atoms with van der Waals surface area (Å²) in [6.07, 6.45) is 0.673. The molecule has 2 aromatic rings. The largest absolute Gasteiger partial charge is 0.387 e. The Balaban J connectivity index is 1.78. The zero-order valence-corrected chi connectivity index (χ0v) is 12.9. The predicted molar refractivity (Wildman–Crippen MR) is 88.1 cm³/mol. The summed E-state index contributed by atoms with van der Waals surface area (Å²) in [5, 5.41) is 13.4. The normalized spacial score (nSPS) is 12.6. The summed E-state index contributed by atoms with van der Waals surface area (Å²) in [6, 6.07) is 18.5. The fourth-order valence-corrected chi connectivity index (χ4v) is 2.41. The van der Waals surface area contributed by atoms with Crippen LogP contribution in [0.3, 0.4) is 0 Å². The molecular weight excluding hydrogens is 258 g/mol. The van der Waals surface area contributed by atoms with Crippen LogP contribution in [0, 0.1) is 5.92 Å². The van der Waals surface area contributed by atoms with Crippen LogP contribution in [-0.4, -0.2) is 11.7 Å². The molecule has 0 aromatic heterocycles. The molecule has 2 heteroatoms. The molecule has 0 spiro atoms. The van der Waals surface area contributed by atoms with Crippen molar-refractivity contribution in [2.75, 3.05) is 6.54 Å². The van der Waals surface area contributed by atoms with E-state index in [1.54, 1.807) is 0 Å². The molecule has 0 aliphatic heterocycles. The third-order valence-electron chi connectivity index (χ3n) is 3.52. The maximum Gasteiger partial charge on any atom is 0.0914 e. The minimum Gasteiger partial charge on any atom is -0.387 e. The Morgan fingerprint density at radius 3 is 2.14 bits per heavy atom. The Labute approximate surface area is 127 Å². The summed E-state index contributed by atoms with van der Waals surface area (Å²) < 4.78 is 0. The zero-order valence-electron chi connectivity index (χ0n) is 12.9. The molecule has 0 aliphatic rings. The van der Waals surface area contributed by atoms with Crippen molar-refractivity contribution in [1.29, 1.82) is 0 Å². The third-order valence-corrected chi connectivity index (χ3v) is 3.52. The minimum atomic E-state index is -0.452. The van der Waals surface area contributed by atoms with Crippen molar-refractivity contribution in [2.45, 2.75) is 32.9 Å². The Morgan fingerprint density at radius 2 is 1.52 bits per heavy atom. The average molecular weight is 283 g/mol. The van der Waals surface area contributed by atoms with Gasteiger partial charge in [0, 0.05) is 13.1 Å². The molecule has 0 aliphatic carbocycles. The van der Waals surface area contributed by atoms with Crippen molar-refractivity contribution < 1.29 is 5.11 Å². The molecule has 1 unspecified atom stereocenters. The second-order valence-corrected chi connectivity index (χ2v) is 5.97. The van der Waals surface area contributed by atoms with Crippen LogP contribution < -0.4 is 5.32 Å². The third kappa shape index (κ3) is 5.33. The van der Waals surface area contributed by atoms with Crippen molar-refractivity contribution in [3.05, 3.63) is 71.3 Å². The maximum atomic E-state index is 10.1. The van der Waals surface area contributed by atoms with E-state index >= 15 is 0 Å². The van der Waals surface area contributed by atoms with Gasteiger partial charge < -0.3 is 10.4 Å². The van der Waals surface area contributed by atoms with Gasteiger partial charge in [-0.3, -0.25) is 0 Å². The summed E-state index contributed by atoms with van der Waals surface area (Å²) >= 11 is 0. The lowest BCUT2D eigenvalue weighted by Crippen LogP contribution is -2.21. The molecule has 2 N–H and O–H groups in total. The van der Waals surface area contributed by atoms with Crippen LogP contribution in [0.15, 0.2) is 54.6 Å². The molecule has 0 saturated heterocycles. The lowest BCUT2D eigenvalue weighted by atomic mass is 10.0. The highest BCUT2D eigenvalue weighted by Crippen LogP contribution is 2.12. The van der Waals surface area contributed by atoms with Crippen LogP contribution in [0.4, 0.5) is 0 Å². The van der Waals surface area contributed by atoms with Gasteiger partial charge in [-0.2, -0.15) is 0 Å². The number of hydrogen-bond acceptors (Lipinski definition) is 2. The summed E-state index contributed by atoms with van der Waals surface area (Å²) in [5.41, 5.74) is 3.60. The first-order chi connectivity index (χ1) is 10.1. The number of benzene rings is 2. The molecule has 1 atom stereocenters. The lowest BCUT2D eigenvalue weighted by molar-refractivity contribution is 0.174. The molecule has 2 aromatic carbocycles. The van der Waals surface area contributed by atoms with Gasteiger partial charge >= 0.3 is 0 Å². The molecule has 0 radical (unpaired) electrons. The van der Waals surface area contributed by atoms with Gasteiger partial charge in [-0.1, -0.05) is 68.4 Å². The fourth-order valence-electron chi connectivity index (χ4n) is 2.41. The van der Waals surface area contributed by atoms with Crippen molar-refractivity contribution in [3.8, 4) is 0 Å². The molecule has 0 fully saturated rings. The van der Waals surface area contributed by atoms with Crippen LogP contribution in [-0.2, 0) is 13.0 Å². The Kier molecular flexibility index (Phi) is 5.97. The summed E-state index contributed by atoms with van der Waals surface area (Å²) in [6.45, 7) is 5.82. The standard InChI is InChI=1S/C19H25NO/c1-15(2)12-16-8-10-17(11-9-16)13-20-14-19(21)18-6-4-3-5-7-18/h3-11,15,19-21H,12-14H2,1-2H3. The fraction of sp³-hybridized carbons (Fsp3) is 0.368. The minimum absolute atomic E-state index is 0.452. The van der Waals surface area contributed by atoms with Gasteiger partial charge in [0.05, 0.1) is 6.10 Å². The van der Waals surface area contributed by atoms with Gasteiger partial charge in [-0.05, 0) is 29.0 Å². The summed E-state index contributed by atoms with van der Waals surface area (Å²) in [4.78, 5) is 0. The number of aliphatic hydroxyl groups is 1. The predicted octanol–water partition coefficient (Wildman–Crippen LogP) is 3.71. The molecule has 2 nitrogen and oxygen atoms in total. The van der Waals surface area contributed by atoms with Crippen LogP contribution in [0.5, 0.6) is 0 Å². The monoisotopic (exact) mass is 283 g/mol. The van der Waals surface area contributed by atoms with Crippen LogP contribution >= 0.6 is 0 Å². The second kappa shape index (κ2) is 7.96. The van der Waals surface area contributed by atoms with Crippen molar-refractivity contribution in [1.82, 2.24) is 5.32 Å². The smallest absolute Gasteiger partial charge is 0.0914 e. The second-order valence-electron chi connectivity index (χ2n) is 5.97. The molecule has 2 rings (SSSR count). The number of hydrogen-bond donors (Lipinski definition) is 2. The first kappa shape index (κ1) is 15.7. The number of rotatable bonds is 7. The van der Waals surface area contributed by atoms with E-state index in [4.69, 9.17) is 0 Å². The summed E-state index contributed by atoms with van der Waals surface area (Å²) in [7, 11) is 0. The van der Waals surface area contributed by atoms with E-state index in [1.807, 2.05) is 30.3 Å². The van der Waals surface area contributed by atoms with E-state index < -0.39 is 6.10 Å². The van der Waals surface area contributed by atoms with E-state index in [2.05, 4.69) is 43.4 Å². The quantitative estimate of drug-likeness (QED) is 0.812. The van der Waals surface area contributed by atoms with Gasteiger partial charge in [0.1, 0.15) is 0 Å². The molecule has 0 saturated carbocycles. The molecule has 0 amide bonds. The Hall–Kier alpha value is -1.64. The van der Waals surface area contributed by atoms with E-state index in [-0.39, 0.29) is 0 Å². The van der Waals surface area contributed by atoms with E-state index in [1.165, 1.54) is 11.1 Å². The zero-order chi connectivity index (χ0) is 15.1. The number of aliphatic hydroxyl groups excluding tert-OH is 1. The van der Waals surface area contributed by atoms with Gasteiger partial charge in [-0.15, -0.1) is 0 Å². The van der Waals surface area contributed by atoms with Gasteiger partial charge in [0.15, 0.2) is 0 Å². The van der Waals surface area contributed by atoms with Crippen molar-refractivity contribution in [3.63, 3.8) is 0 Å². The molecule has 21 heavy (non-hydrogen) atoms. The van der Waals surface area contributed by atoms with Crippen molar-refractivity contribution >= 4 is 0 Å². The SMILES string of the molecule is CC(C)Cc1ccc(CNCC(O)c2ccccc2)cc1. The highest BCUT2D eigenvalue weighted by Gasteiger charge is 2.05. The number of nitrogens with one attached hydrogen (secondary N) is 1. The highest BCUT2D eigenvalue weighted by molar-refractivity contribution is 5.23. The molecule has 0 bridgehead atoms.